The fourth-order valence-electron chi connectivity index (χ4n) is 5.07. The Morgan fingerprint density at radius 1 is 1.06 bits per heavy atom. The molecule has 2 aromatic rings. The van der Waals surface area contributed by atoms with Gasteiger partial charge in [0.15, 0.2) is 17.3 Å². The molecule has 8 heteroatoms. The Hall–Kier alpha value is -3.68. The molecule has 0 fully saturated rings. The lowest BCUT2D eigenvalue weighted by Crippen LogP contribution is -2.41. The number of aromatic nitrogens is 1. The normalized spacial score (nSPS) is 21.1. The summed E-state index contributed by atoms with van der Waals surface area (Å²) in [5.41, 5.74) is 2.47. The standard InChI is InChI=1S/C27H31N3O5/c1-15-22(26(32)30-21-9-7-8-10-28-21)23(24-17(29-15)13-27(2,3)14-18(24)31)16-11-19(33-4)25(35-6)20(12-16)34-5/h7-12,22-23H,13-14H2,1-6H3,(H,28,30,32)/t22?,23-/m1/s1. The van der Waals surface area contributed by atoms with Crippen molar-refractivity contribution in [2.75, 3.05) is 26.6 Å². The van der Waals surface area contributed by atoms with E-state index in [1.165, 1.54) is 7.11 Å². The number of nitrogens with one attached hydrogen (secondary N) is 1. The van der Waals surface area contributed by atoms with Crippen molar-refractivity contribution in [1.29, 1.82) is 0 Å². The number of methoxy groups -OCH3 is 3. The summed E-state index contributed by atoms with van der Waals surface area (Å²) in [7, 11) is 4.62. The van der Waals surface area contributed by atoms with Crippen molar-refractivity contribution in [3.05, 3.63) is 53.4 Å². The molecule has 1 aromatic heterocycles. The average molecular weight is 478 g/mol. The Kier molecular flexibility index (Phi) is 6.65. The highest BCUT2D eigenvalue weighted by atomic mass is 16.5. The highest BCUT2D eigenvalue weighted by molar-refractivity contribution is 6.13. The molecule has 8 nitrogen and oxygen atoms in total. The van der Waals surface area contributed by atoms with Gasteiger partial charge in [-0.05, 0) is 48.6 Å². The minimum absolute atomic E-state index is 0.00175. The molecule has 35 heavy (non-hydrogen) atoms. The number of benzene rings is 1. The average Bonchev–Trinajstić information content (AvgIpc) is 2.81. The number of aliphatic imine (C=N–C) groups is 1. The van der Waals surface area contributed by atoms with Crippen LogP contribution in [0.3, 0.4) is 0 Å². The Labute approximate surface area is 205 Å². The third kappa shape index (κ3) is 4.65. The van der Waals surface area contributed by atoms with Crippen molar-refractivity contribution in [2.45, 2.75) is 39.5 Å². The van der Waals surface area contributed by atoms with E-state index in [1.54, 1.807) is 38.6 Å². The molecule has 0 saturated carbocycles. The van der Waals surface area contributed by atoms with Crippen LogP contribution in [-0.2, 0) is 9.59 Å². The number of allylic oxidation sites excluding steroid dienone is 2. The van der Waals surface area contributed by atoms with Gasteiger partial charge < -0.3 is 19.5 Å². The topological polar surface area (TPSA) is 99.1 Å². The zero-order valence-corrected chi connectivity index (χ0v) is 21.0. The third-order valence-electron chi connectivity index (χ3n) is 6.55. The molecule has 0 bridgehead atoms. The second-order valence-corrected chi connectivity index (χ2v) is 9.67. The summed E-state index contributed by atoms with van der Waals surface area (Å²) >= 11 is 0. The highest BCUT2D eigenvalue weighted by Crippen LogP contribution is 2.50. The quantitative estimate of drug-likeness (QED) is 0.655. The van der Waals surface area contributed by atoms with Crippen molar-refractivity contribution >= 4 is 23.2 Å². The number of ether oxygens (including phenoxy) is 3. The number of hydrogen-bond donors (Lipinski definition) is 1. The summed E-state index contributed by atoms with van der Waals surface area (Å²) < 4.78 is 16.6. The van der Waals surface area contributed by atoms with Crippen LogP contribution in [0.2, 0.25) is 0 Å². The first-order valence-corrected chi connectivity index (χ1v) is 11.5. The molecular weight excluding hydrogens is 446 g/mol. The Morgan fingerprint density at radius 2 is 1.74 bits per heavy atom. The van der Waals surface area contributed by atoms with Crippen LogP contribution in [0.4, 0.5) is 5.82 Å². The molecule has 1 aromatic carbocycles. The number of pyridine rings is 1. The van der Waals surface area contributed by atoms with Crippen LogP contribution in [0, 0.1) is 11.3 Å². The number of carbonyl (C=O) groups excluding carboxylic acids is 2. The molecule has 2 heterocycles. The molecule has 4 rings (SSSR count). The van der Waals surface area contributed by atoms with Gasteiger partial charge >= 0.3 is 0 Å². The molecule has 0 saturated heterocycles. The Balaban J connectivity index is 1.89. The van der Waals surface area contributed by atoms with Gasteiger partial charge in [0.2, 0.25) is 11.7 Å². The van der Waals surface area contributed by atoms with E-state index in [2.05, 4.69) is 24.1 Å². The van der Waals surface area contributed by atoms with E-state index in [4.69, 9.17) is 19.2 Å². The SMILES string of the molecule is COc1cc([C@H]2C3=C(CC(C)(C)CC3=O)N=C(C)C2C(=O)Nc2ccccn2)cc(OC)c1OC. The van der Waals surface area contributed by atoms with E-state index in [9.17, 15) is 9.59 Å². The lowest BCUT2D eigenvalue weighted by Gasteiger charge is -2.39. The van der Waals surface area contributed by atoms with Crippen molar-refractivity contribution in [3.8, 4) is 17.2 Å². The zero-order valence-electron chi connectivity index (χ0n) is 21.0. The number of ketones is 1. The molecule has 184 valence electrons. The van der Waals surface area contributed by atoms with Gasteiger partial charge in [-0.1, -0.05) is 19.9 Å². The van der Waals surface area contributed by atoms with Crippen LogP contribution in [0.5, 0.6) is 17.2 Å². The molecule has 2 atom stereocenters. The fraction of sp³-hybridized carbons (Fsp3) is 0.407. The predicted octanol–water partition coefficient (Wildman–Crippen LogP) is 4.56. The van der Waals surface area contributed by atoms with Gasteiger partial charge in [-0.2, -0.15) is 0 Å². The largest absolute Gasteiger partial charge is 0.493 e. The van der Waals surface area contributed by atoms with Crippen molar-refractivity contribution < 1.29 is 23.8 Å². The second kappa shape index (κ2) is 9.52. The summed E-state index contributed by atoms with van der Waals surface area (Å²) in [6.45, 7) is 5.96. The van der Waals surface area contributed by atoms with Crippen molar-refractivity contribution in [2.24, 2.45) is 16.3 Å². The molecule has 1 N–H and O–H groups in total. The maximum atomic E-state index is 13.6. The number of anilines is 1. The monoisotopic (exact) mass is 477 g/mol. The molecule has 1 unspecified atom stereocenters. The van der Waals surface area contributed by atoms with Gasteiger partial charge in [0.25, 0.3) is 0 Å². The van der Waals surface area contributed by atoms with Crippen molar-refractivity contribution in [1.82, 2.24) is 4.98 Å². The summed E-state index contributed by atoms with van der Waals surface area (Å²) in [6.07, 6.45) is 2.65. The first-order chi connectivity index (χ1) is 16.7. The molecule has 1 aliphatic heterocycles. The first-order valence-electron chi connectivity index (χ1n) is 11.5. The zero-order chi connectivity index (χ0) is 25.3. The molecule has 0 spiro atoms. The first kappa shape index (κ1) is 24.4. The van der Waals surface area contributed by atoms with Crippen LogP contribution >= 0.6 is 0 Å². The summed E-state index contributed by atoms with van der Waals surface area (Å²) in [6, 6.07) is 8.92. The second-order valence-electron chi connectivity index (χ2n) is 9.67. The fourth-order valence-corrected chi connectivity index (χ4v) is 5.07. The van der Waals surface area contributed by atoms with E-state index in [1.807, 2.05) is 19.1 Å². The number of Topliss-reactive ketones (excluding diaryl/α,β-unsaturated/α-hetero) is 1. The van der Waals surface area contributed by atoms with E-state index in [-0.39, 0.29) is 17.1 Å². The Morgan fingerprint density at radius 3 is 2.31 bits per heavy atom. The van der Waals surface area contributed by atoms with Crippen LogP contribution < -0.4 is 19.5 Å². The maximum Gasteiger partial charge on any atom is 0.235 e. The van der Waals surface area contributed by atoms with E-state index >= 15 is 0 Å². The lowest BCUT2D eigenvalue weighted by molar-refractivity contribution is -0.119. The summed E-state index contributed by atoms with van der Waals surface area (Å²) in [5.74, 6) is 0.222. The van der Waals surface area contributed by atoms with Gasteiger partial charge in [-0.25, -0.2) is 4.98 Å². The van der Waals surface area contributed by atoms with Crippen LogP contribution in [0.25, 0.3) is 0 Å². The van der Waals surface area contributed by atoms with Gasteiger partial charge in [0.1, 0.15) is 5.82 Å². The molecule has 0 radical (unpaired) electrons. The van der Waals surface area contributed by atoms with Crippen LogP contribution in [0.1, 0.15) is 45.1 Å². The number of nitrogens with zero attached hydrogens (tertiary/aromatic N) is 2. The molecule has 1 aliphatic carbocycles. The number of hydrogen-bond acceptors (Lipinski definition) is 7. The van der Waals surface area contributed by atoms with Gasteiger partial charge in [-0.15, -0.1) is 0 Å². The summed E-state index contributed by atoms with van der Waals surface area (Å²) in [4.78, 5) is 36.2. The predicted molar refractivity (Wildman–Crippen MR) is 133 cm³/mol. The summed E-state index contributed by atoms with van der Waals surface area (Å²) in [5, 5.41) is 2.90. The molecular formula is C27H31N3O5. The van der Waals surface area contributed by atoms with E-state index in [0.717, 1.165) is 11.3 Å². The maximum absolute atomic E-state index is 13.6. The van der Waals surface area contributed by atoms with Gasteiger partial charge in [-0.3, -0.25) is 14.6 Å². The molecule has 1 amide bonds. The number of amides is 1. The van der Waals surface area contributed by atoms with E-state index < -0.39 is 11.8 Å². The van der Waals surface area contributed by atoms with Crippen LogP contribution in [-0.4, -0.2) is 43.7 Å². The minimum Gasteiger partial charge on any atom is -0.493 e. The van der Waals surface area contributed by atoms with E-state index in [0.29, 0.717) is 47.2 Å². The number of carbonyl (C=O) groups is 2. The van der Waals surface area contributed by atoms with Crippen molar-refractivity contribution in [3.63, 3.8) is 0 Å². The third-order valence-corrected chi connectivity index (χ3v) is 6.55. The van der Waals surface area contributed by atoms with Gasteiger partial charge in [0, 0.05) is 35.5 Å². The smallest absolute Gasteiger partial charge is 0.235 e. The minimum atomic E-state index is -0.719. The number of rotatable bonds is 6. The molecule has 2 aliphatic rings. The van der Waals surface area contributed by atoms with Gasteiger partial charge in [0.05, 0.1) is 27.2 Å². The Bertz CT molecular complexity index is 1190. The van der Waals surface area contributed by atoms with Crippen LogP contribution in [0.15, 0.2) is 52.8 Å². The highest BCUT2D eigenvalue weighted by Gasteiger charge is 2.46. The lowest BCUT2D eigenvalue weighted by atomic mass is 9.66.